The van der Waals surface area contributed by atoms with E-state index in [1.54, 1.807) is 6.20 Å². The average Bonchev–Trinajstić information content (AvgIpc) is 2.31. The van der Waals surface area contributed by atoms with Crippen molar-refractivity contribution in [1.82, 2.24) is 14.7 Å². The zero-order chi connectivity index (χ0) is 13.9. The molecule has 6 heteroatoms. The lowest BCUT2D eigenvalue weighted by Crippen LogP contribution is -2.44. The first-order valence-electron chi connectivity index (χ1n) is 5.96. The van der Waals surface area contributed by atoms with Crippen molar-refractivity contribution in [3.63, 3.8) is 0 Å². The summed E-state index contributed by atoms with van der Waals surface area (Å²) < 4.78 is 1.34. The molecule has 1 N–H and O–H groups in total. The van der Waals surface area contributed by atoms with E-state index in [0.29, 0.717) is 18.8 Å². The molecule has 0 saturated heterocycles. The largest absolute Gasteiger partial charge is 0.381 e. The van der Waals surface area contributed by atoms with Crippen LogP contribution >= 0.6 is 11.6 Å². The first-order chi connectivity index (χ1) is 8.29. The minimum Gasteiger partial charge on any atom is -0.381 e. The highest BCUT2D eigenvalue weighted by atomic mass is 35.5. The highest BCUT2D eigenvalue weighted by Gasteiger charge is 2.20. The molecular weight excluding hydrogens is 252 g/mol. The number of halogens is 1. The zero-order valence-electron chi connectivity index (χ0n) is 11.6. The summed E-state index contributed by atoms with van der Waals surface area (Å²) in [5, 5.41) is 7.42. The van der Waals surface area contributed by atoms with Gasteiger partial charge in [-0.2, -0.15) is 5.10 Å². The normalized spacial score (nSPS) is 11.9. The fourth-order valence-corrected chi connectivity index (χ4v) is 1.50. The first-order valence-corrected chi connectivity index (χ1v) is 6.34. The second kappa shape index (κ2) is 5.71. The Morgan fingerprint density at radius 1 is 1.50 bits per heavy atom. The van der Waals surface area contributed by atoms with Gasteiger partial charge in [0.15, 0.2) is 0 Å². The van der Waals surface area contributed by atoms with Crippen molar-refractivity contribution in [2.75, 3.05) is 26.0 Å². The first kappa shape index (κ1) is 15.0. The summed E-state index contributed by atoms with van der Waals surface area (Å²) in [6, 6.07) is 0. The molecule has 0 aliphatic heterocycles. The third kappa shape index (κ3) is 3.23. The Morgan fingerprint density at radius 3 is 2.61 bits per heavy atom. The molecule has 1 aromatic rings. The lowest BCUT2D eigenvalue weighted by molar-refractivity contribution is 0.210. The number of aromatic nitrogens is 2. The Labute approximate surface area is 113 Å². The Kier molecular flexibility index (Phi) is 4.76. The molecule has 1 rings (SSSR count). The van der Waals surface area contributed by atoms with Gasteiger partial charge in [0.1, 0.15) is 5.02 Å². The van der Waals surface area contributed by atoms with Crippen molar-refractivity contribution in [2.45, 2.75) is 32.9 Å². The smallest absolute Gasteiger partial charge is 0.287 e. The van der Waals surface area contributed by atoms with Crippen molar-refractivity contribution in [1.29, 1.82) is 0 Å². The lowest BCUT2D eigenvalue weighted by Gasteiger charge is -2.33. The van der Waals surface area contributed by atoms with Crippen molar-refractivity contribution in [3.8, 4) is 0 Å². The fourth-order valence-electron chi connectivity index (χ4n) is 1.28. The molecule has 102 valence electrons. The van der Waals surface area contributed by atoms with Gasteiger partial charge in [-0.15, -0.1) is 0 Å². The maximum absolute atomic E-state index is 11.8. The van der Waals surface area contributed by atoms with E-state index in [9.17, 15) is 4.79 Å². The molecular formula is C12H21ClN4O. The Balaban J connectivity index is 2.88. The SMILES string of the molecule is CCn1ncc(NCC(C)(C)N(C)C)c(Cl)c1=O. The van der Waals surface area contributed by atoms with Crippen LogP contribution < -0.4 is 10.9 Å². The third-order valence-electron chi connectivity index (χ3n) is 3.21. The molecule has 0 radical (unpaired) electrons. The number of nitrogens with zero attached hydrogens (tertiary/aromatic N) is 3. The molecule has 0 unspecified atom stereocenters. The molecule has 0 aliphatic carbocycles. The van der Waals surface area contributed by atoms with Crippen molar-refractivity contribution < 1.29 is 0 Å². The average molecular weight is 273 g/mol. The summed E-state index contributed by atoms with van der Waals surface area (Å²) in [7, 11) is 4.02. The summed E-state index contributed by atoms with van der Waals surface area (Å²) in [5.74, 6) is 0. The van der Waals surface area contributed by atoms with Crippen LogP contribution in [0.15, 0.2) is 11.0 Å². The summed E-state index contributed by atoms with van der Waals surface area (Å²) in [5.41, 5.74) is 0.288. The third-order valence-corrected chi connectivity index (χ3v) is 3.57. The van der Waals surface area contributed by atoms with Gasteiger partial charge in [0.2, 0.25) is 0 Å². The van der Waals surface area contributed by atoms with Gasteiger partial charge in [0, 0.05) is 18.6 Å². The van der Waals surface area contributed by atoms with Crippen LogP contribution in [0, 0.1) is 0 Å². The second-order valence-electron chi connectivity index (χ2n) is 5.05. The number of hydrogen-bond donors (Lipinski definition) is 1. The van der Waals surface area contributed by atoms with Crippen molar-refractivity contribution in [2.24, 2.45) is 0 Å². The van der Waals surface area contributed by atoms with E-state index in [0.717, 1.165) is 0 Å². The minimum atomic E-state index is -0.258. The van der Waals surface area contributed by atoms with Crippen LogP contribution in [0.1, 0.15) is 20.8 Å². The number of hydrogen-bond acceptors (Lipinski definition) is 4. The Hall–Kier alpha value is -1.07. The summed E-state index contributed by atoms with van der Waals surface area (Å²) in [6.07, 6.45) is 1.60. The number of nitrogens with one attached hydrogen (secondary N) is 1. The second-order valence-corrected chi connectivity index (χ2v) is 5.43. The number of aryl methyl sites for hydroxylation is 1. The fraction of sp³-hybridized carbons (Fsp3) is 0.667. The molecule has 0 bridgehead atoms. The number of likely N-dealkylation sites (N-methyl/N-ethyl adjacent to an activating group) is 1. The quantitative estimate of drug-likeness (QED) is 0.886. The van der Waals surface area contributed by atoms with E-state index in [1.165, 1.54) is 4.68 Å². The van der Waals surface area contributed by atoms with Crippen molar-refractivity contribution in [3.05, 3.63) is 21.6 Å². The Bertz CT molecular complexity index is 468. The maximum Gasteiger partial charge on any atom is 0.287 e. The molecule has 0 fully saturated rings. The summed E-state index contributed by atoms with van der Waals surface area (Å²) in [6.45, 7) is 7.26. The standard InChI is InChI=1S/C12H21ClN4O/c1-6-17-11(18)10(13)9(7-15-17)14-8-12(2,3)16(4)5/h7,14H,6,8H2,1-5H3. The van der Waals surface area contributed by atoms with Gasteiger partial charge >= 0.3 is 0 Å². The van der Waals surface area contributed by atoms with Gasteiger partial charge in [0.05, 0.1) is 11.9 Å². The van der Waals surface area contributed by atoms with Gasteiger partial charge in [-0.1, -0.05) is 11.6 Å². The summed E-state index contributed by atoms with van der Waals surface area (Å²) in [4.78, 5) is 13.9. The van der Waals surface area contributed by atoms with Crippen molar-refractivity contribution >= 4 is 17.3 Å². The van der Waals surface area contributed by atoms with Crippen LogP contribution in [0.3, 0.4) is 0 Å². The van der Waals surface area contributed by atoms with E-state index >= 15 is 0 Å². The Morgan fingerprint density at radius 2 is 2.11 bits per heavy atom. The monoisotopic (exact) mass is 272 g/mol. The molecule has 1 aromatic heterocycles. The van der Waals surface area contributed by atoms with Crippen LogP contribution in [0.2, 0.25) is 5.02 Å². The molecule has 0 atom stereocenters. The van der Waals surface area contributed by atoms with Crippen LogP contribution in [-0.2, 0) is 6.54 Å². The molecule has 0 saturated carbocycles. The highest BCUT2D eigenvalue weighted by molar-refractivity contribution is 6.32. The highest BCUT2D eigenvalue weighted by Crippen LogP contribution is 2.18. The molecule has 0 spiro atoms. The molecule has 1 heterocycles. The van der Waals surface area contributed by atoms with Gasteiger partial charge < -0.3 is 10.2 Å². The van der Waals surface area contributed by atoms with Gasteiger partial charge in [-0.05, 0) is 34.9 Å². The van der Waals surface area contributed by atoms with Crippen LogP contribution in [0.5, 0.6) is 0 Å². The predicted molar refractivity (Wildman–Crippen MR) is 75.4 cm³/mol. The molecule has 0 aromatic carbocycles. The van der Waals surface area contributed by atoms with E-state index in [4.69, 9.17) is 11.6 Å². The van der Waals surface area contributed by atoms with E-state index in [1.807, 2.05) is 21.0 Å². The zero-order valence-corrected chi connectivity index (χ0v) is 12.4. The molecule has 5 nitrogen and oxygen atoms in total. The minimum absolute atomic E-state index is 0.0387. The topological polar surface area (TPSA) is 50.2 Å². The molecule has 0 amide bonds. The van der Waals surface area contributed by atoms with Crippen LogP contribution in [-0.4, -0.2) is 40.9 Å². The van der Waals surface area contributed by atoms with E-state index < -0.39 is 0 Å². The predicted octanol–water partition coefficient (Wildman–Crippen LogP) is 1.67. The van der Waals surface area contributed by atoms with Gasteiger partial charge in [-0.3, -0.25) is 4.79 Å². The van der Waals surface area contributed by atoms with Gasteiger partial charge in [0.25, 0.3) is 5.56 Å². The van der Waals surface area contributed by atoms with Gasteiger partial charge in [-0.25, -0.2) is 4.68 Å². The molecule has 0 aliphatic rings. The summed E-state index contributed by atoms with van der Waals surface area (Å²) >= 11 is 6.04. The van der Waals surface area contributed by atoms with Crippen LogP contribution in [0.25, 0.3) is 0 Å². The lowest BCUT2D eigenvalue weighted by atomic mass is 10.0. The number of rotatable bonds is 5. The van der Waals surface area contributed by atoms with Crippen LogP contribution in [0.4, 0.5) is 5.69 Å². The maximum atomic E-state index is 11.8. The molecule has 18 heavy (non-hydrogen) atoms. The van der Waals surface area contributed by atoms with E-state index in [2.05, 4.69) is 29.2 Å². The number of anilines is 1. The van der Waals surface area contributed by atoms with E-state index in [-0.39, 0.29) is 16.1 Å².